The van der Waals surface area contributed by atoms with E-state index >= 15 is 0 Å². The van der Waals surface area contributed by atoms with Crippen molar-refractivity contribution >= 4 is 18.3 Å². The largest absolute Gasteiger partial charge is 0.356 e. The number of halogens is 1. The molecule has 1 rings (SSSR count). The molecule has 6 nitrogen and oxygen atoms in total. The zero-order valence-corrected chi connectivity index (χ0v) is 13.0. The Morgan fingerprint density at radius 2 is 2.20 bits per heavy atom. The maximum absolute atomic E-state index is 11.5. The van der Waals surface area contributed by atoms with Gasteiger partial charge in [-0.1, -0.05) is 12.1 Å². The summed E-state index contributed by atoms with van der Waals surface area (Å²) >= 11 is 0. The van der Waals surface area contributed by atoms with Crippen LogP contribution in [-0.2, 0) is 17.6 Å². The van der Waals surface area contributed by atoms with Crippen molar-refractivity contribution in [1.82, 2.24) is 15.5 Å². The fraction of sp³-hybridized carbons (Fsp3) is 0.769. The van der Waals surface area contributed by atoms with Crippen molar-refractivity contribution in [3.63, 3.8) is 0 Å². The minimum Gasteiger partial charge on any atom is -0.356 e. The molecule has 116 valence electrons. The van der Waals surface area contributed by atoms with Crippen LogP contribution in [0.3, 0.4) is 0 Å². The lowest BCUT2D eigenvalue weighted by Crippen LogP contribution is -2.28. The van der Waals surface area contributed by atoms with Crippen molar-refractivity contribution in [3.05, 3.63) is 11.7 Å². The molecule has 1 amide bonds. The van der Waals surface area contributed by atoms with E-state index in [2.05, 4.69) is 22.4 Å². The molecule has 0 spiro atoms. The van der Waals surface area contributed by atoms with Crippen LogP contribution in [0.5, 0.6) is 0 Å². The molecule has 0 aliphatic rings. The van der Waals surface area contributed by atoms with Crippen molar-refractivity contribution in [2.75, 3.05) is 6.54 Å². The molecule has 1 aromatic rings. The molecule has 1 aromatic heterocycles. The molecule has 0 radical (unpaired) electrons. The minimum absolute atomic E-state index is 0. The van der Waals surface area contributed by atoms with Crippen molar-refractivity contribution in [3.8, 4) is 0 Å². The number of carbonyl (C=O) groups excluding carboxylic acids is 1. The lowest BCUT2D eigenvalue weighted by atomic mass is 10.2. The summed E-state index contributed by atoms with van der Waals surface area (Å²) < 4.78 is 5.10. The normalized spacial score (nSPS) is 11.8. The Balaban J connectivity index is 0.00000361. The Kier molecular flexibility index (Phi) is 10.0. The monoisotopic (exact) mass is 304 g/mol. The second-order valence-electron chi connectivity index (χ2n) is 4.82. The number of hydrogen-bond acceptors (Lipinski definition) is 5. The molecule has 0 aliphatic heterocycles. The van der Waals surface area contributed by atoms with Gasteiger partial charge in [-0.15, -0.1) is 12.4 Å². The summed E-state index contributed by atoms with van der Waals surface area (Å²) in [4.78, 5) is 15.8. The molecule has 1 heterocycles. The van der Waals surface area contributed by atoms with Gasteiger partial charge in [0.15, 0.2) is 5.82 Å². The molecule has 0 fully saturated rings. The predicted molar refractivity (Wildman–Crippen MR) is 79.8 cm³/mol. The van der Waals surface area contributed by atoms with Crippen LogP contribution in [0.2, 0.25) is 0 Å². The van der Waals surface area contributed by atoms with Crippen LogP contribution in [0.4, 0.5) is 0 Å². The molecule has 0 saturated carbocycles. The summed E-state index contributed by atoms with van der Waals surface area (Å²) in [5.41, 5.74) is 5.60. The molecule has 0 aromatic carbocycles. The number of rotatable bonds is 9. The zero-order chi connectivity index (χ0) is 14.1. The molecular weight excluding hydrogens is 280 g/mol. The van der Waals surface area contributed by atoms with Gasteiger partial charge in [-0.25, -0.2) is 0 Å². The quantitative estimate of drug-likeness (QED) is 0.723. The molecule has 1 unspecified atom stereocenters. The molecule has 0 saturated heterocycles. The third-order valence-corrected chi connectivity index (χ3v) is 2.70. The number of aryl methyl sites for hydroxylation is 2. The van der Waals surface area contributed by atoms with Gasteiger partial charge in [-0.3, -0.25) is 4.79 Å². The summed E-state index contributed by atoms with van der Waals surface area (Å²) in [6, 6.07) is 0.121. The maximum atomic E-state index is 11.5. The molecule has 0 bridgehead atoms. The molecule has 20 heavy (non-hydrogen) atoms. The standard InChI is InChI=1S/C13H24N4O2.ClH/c1-3-5-11-16-13(19-17-11)7-4-6-12(18)15-9-8-10(2)14;/h10H,3-9,14H2,1-2H3,(H,15,18);1H. The van der Waals surface area contributed by atoms with Gasteiger partial charge < -0.3 is 15.6 Å². The Bertz CT molecular complexity index is 382. The fourth-order valence-electron chi connectivity index (χ4n) is 1.64. The summed E-state index contributed by atoms with van der Waals surface area (Å²) in [7, 11) is 0. The summed E-state index contributed by atoms with van der Waals surface area (Å²) in [6.45, 7) is 4.63. The van der Waals surface area contributed by atoms with E-state index in [4.69, 9.17) is 10.3 Å². The summed E-state index contributed by atoms with van der Waals surface area (Å²) in [5, 5.41) is 6.71. The lowest BCUT2D eigenvalue weighted by molar-refractivity contribution is -0.121. The van der Waals surface area contributed by atoms with E-state index in [0.29, 0.717) is 25.3 Å². The number of nitrogens with one attached hydrogen (secondary N) is 1. The Morgan fingerprint density at radius 3 is 2.85 bits per heavy atom. The fourth-order valence-corrected chi connectivity index (χ4v) is 1.64. The van der Waals surface area contributed by atoms with Gasteiger partial charge in [0.25, 0.3) is 0 Å². The minimum atomic E-state index is 0. The highest BCUT2D eigenvalue weighted by molar-refractivity contribution is 5.85. The van der Waals surface area contributed by atoms with Gasteiger partial charge in [0.05, 0.1) is 0 Å². The lowest BCUT2D eigenvalue weighted by Gasteiger charge is -2.06. The van der Waals surface area contributed by atoms with E-state index in [1.165, 1.54) is 0 Å². The molecular formula is C13H25ClN4O2. The van der Waals surface area contributed by atoms with E-state index in [9.17, 15) is 4.79 Å². The van der Waals surface area contributed by atoms with E-state index in [1.54, 1.807) is 0 Å². The van der Waals surface area contributed by atoms with Crippen molar-refractivity contribution in [1.29, 1.82) is 0 Å². The SMILES string of the molecule is CCCc1noc(CCCC(=O)NCCC(C)N)n1.Cl. The van der Waals surface area contributed by atoms with E-state index in [0.717, 1.165) is 31.5 Å². The third-order valence-electron chi connectivity index (χ3n) is 2.70. The third kappa shape index (κ3) is 8.12. The molecule has 0 aliphatic carbocycles. The predicted octanol–water partition coefficient (Wildman–Crippen LogP) is 1.62. The van der Waals surface area contributed by atoms with Gasteiger partial charge in [-0.2, -0.15) is 4.98 Å². The number of nitrogens with two attached hydrogens (primary N) is 1. The number of carbonyl (C=O) groups is 1. The van der Waals surface area contributed by atoms with Gasteiger partial charge >= 0.3 is 0 Å². The van der Waals surface area contributed by atoms with Gasteiger partial charge in [0.2, 0.25) is 11.8 Å². The van der Waals surface area contributed by atoms with Crippen molar-refractivity contribution in [2.24, 2.45) is 5.73 Å². The highest BCUT2D eigenvalue weighted by Crippen LogP contribution is 2.04. The van der Waals surface area contributed by atoms with E-state index < -0.39 is 0 Å². The van der Waals surface area contributed by atoms with Crippen LogP contribution in [0, 0.1) is 0 Å². The average molecular weight is 305 g/mol. The Morgan fingerprint density at radius 1 is 1.45 bits per heavy atom. The zero-order valence-electron chi connectivity index (χ0n) is 12.2. The van der Waals surface area contributed by atoms with Gasteiger partial charge in [-0.05, 0) is 26.2 Å². The maximum Gasteiger partial charge on any atom is 0.226 e. The number of amides is 1. The smallest absolute Gasteiger partial charge is 0.226 e. The number of hydrogen-bond donors (Lipinski definition) is 2. The topological polar surface area (TPSA) is 94.0 Å². The molecule has 1 atom stereocenters. The second kappa shape index (κ2) is 10.6. The Hall–Kier alpha value is -1.14. The van der Waals surface area contributed by atoms with Crippen LogP contribution in [0.1, 0.15) is 51.2 Å². The van der Waals surface area contributed by atoms with Gasteiger partial charge in [0, 0.05) is 31.8 Å². The molecule has 3 N–H and O–H groups in total. The van der Waals surface area contributed by atoms with Crippen molar-refractivity contribution in [2.45, 2.75) is 58.4 Å². The Labute approximate surface area is 126 Å². The van der Waals surface area contributed by atoms with Crippen molar-refractivity contribution < 1.29 is 9.32 Å². The van der Waals surface area contributed by atoms with Crippen LogP contribution < -0.4 is 11.1 Å². The van der Waals surface area contributed by atoms with Crippen LogP contribution in [0.15, 0.2) is 4.52 Å². The average Bonchev–Trinajstić information content (AvgIpc) is 2.77. The van der Waals surface area contributed by atoms with Crippen LogP contribution in [-0.4, -0.2) is 28.6 Å². The highest BCUT2D eigenvalue weighted by Gasteiger charge is 2.07. The first-order valence-electron chi connectivity index (χ1n) is 6.95. The summed E-state index contributed by atoms with van der Waals surface area (Å²) in [5.74, 6) is 1.42. The molecule has 7 heteroatoms. The van der Waals surface area contributed by atoms with E-state index in [1.807, 2.05) is 6.92 Å². The van der Waals surface area contributed by atoms with Crippen LogP contribution in [0.25, 0.3) is 0 Å². The van der Waals surface area contributed by atoms with E-state index in [-0.39, 0.29) is 24.4 Å². The summed E-state index contributed by atoms with van der Waals surface area (Å²) in [6.07, 6.45) is 4.48. The number of aromatic nitrogens is 2. The van der Waals surface area contributed by atoms with Crippen LogP contribution >= 0.6 is 12.4 Å². The first-order valence-corrected chi connectivity index (χ1v) is 6.95. The second-order valence-corrected chi connectivity index (χ2v) is 4.82. The first kappa shape index (κ1) is 18.9. The first-order chi connectivity index (χ1) is 9.11. The number of nitrogens with zero attached hydrogens (tertiary/aromatic N) is 2. The van der Waals surface area contributed by atoms with Gasteiger partial charge in [0.1, 0.15) is 0 Å². The highest BCUT2D eigenvalue weighted by atomic mass is 35.5.